The maximum absolute atomic E-state index is 2.72. The van der Waals surface area contributed by atoms with E-state index in [1.54, 1.807) is 0 Å². The highest BCUT2D eigenvalue weighted by Gasteiger charge is 2.48. The highest BCUT2D eigenvalue weighted by atomic mass is 15.2. The van der Waals surface area contributed by atoms with Gasteiger partial charge < -0.3 is 4.90 Å². The van der Waals surface area contributed by atoms with Crippen molar-refractivity contribution in [1.29, 1.82) is 0 Å². The van der Waals surface area contributed by atoms with Crippen LogP contribution in [0.15, 0.2) is 0 Å². The molecule has 16 heavy (non-hydrogen) atoms. The van der Waals surface area contributed by atoms with Crippen LogP contribution in [0.5, 0.6) is 0 Å². The van der Waals surface area contributed by atoms with Gasteiger partial charge in [-0.25, -0.2) is 0 Å². The Hall–Kier alpha value is -0.0800. The number of piperidine rings is 1. The van der Waals surface area contributed by atoms with E-state index in [2.05, 4.69) is 44.5 Å². The second-order valence-corrected chi connectivity index (χ2v) is 6.96. The third-order valence-corrected chi connectivity index (χ3v) is 5.05. The number of hydrogen-bond donors (Lipinski definition) is 0. The van der Waals surface area contributed by atoms with E-state index in [4.69, 9.17) is 0 Å². The molecule has 1 spiro atoms. The summed E-state index contributed by atoms with van der Waals surface area (Å²) in [5, 5.41) is 0. The molecular weight excluding hydrogens is 196 g/mol. The molecule has 94 valence electrons. The highest BCUT2D eigenvalue weighted by Crippen LogP contribution is 2.47. The van der Waals surface area contributed by atoms with Gasteiger partial charge in [0.15, 0.2) is 0 Å². The van der Waals surface area contributed by atoms with Crippen LogP contribution < -0.4 is 0 Å². The standard InChI is InChI=1S/C14H28N2/c1-12-14(6-9-15(5)10-7-14)8-11-16(12)13(2,3)4/h12H,6-11H2,1-5H3. The van der Waals surface area contributed by atoms with Gasteiger partial charge in [0.05, 0.1) is 0 Å². The van der Waals surface area contributed by atoms with E-state index < -0.39 is 0 Å². The first-order valence-electron chi connectivity index (χ1n) is 6.80. The Morgan fingerprint density at radius 1 is 1.00 bits per heavy atom. The number of rotatable bonds is 0. The van der Waals surface area contributed by atoms with Gasteiger partial charge >= 0.3 is 0 Å². The molecule has 2 heteroatoms. The minimum atomic E-state index is 0.340. The Kier molecular flexibility index (Phi) is 3.09. The van der Waals surface area contributed by atoms with Crippen LogP contribution in [-0.4, -0.2) is 48.1 Å². The smallest absolute Gasteiger partial charge is 0.0130 e. The zero-order valence-corrected chi connectivity index (χ0v) is 11.7. The largest absolute Gasteiger partial charge is 0.306 e. The summed E-state index contributed by atoms with van der Waals surface area (Å²) in [6.07, 6.45) is 4.22. The number of nitrogens with zero attached hydrogens (tertiary/aromatic N) is 2. The maximum Gasteiger partial charge on any atom is 0.0130 e. The molecule has 1 atom stereocenters. The van der Waals surface area contributed by atoms with E-state index in [0.29, 0.717) is 11.0 Å². The predicted molar refractivity (Wildman–Crippen MR) is 69.7 cm³/mol. The fraction of sp³-hybridized carbons (Fsp3) is 1.00. The molecule has 0 aromatic rings. The predicted octanol–water partition coefficient (Wildman–Crippen LogP) is 2.59. The van der Waals surface area contributed by atoms with Crippen molar-refractivity contribution in [2.24, 2.45) is 5.41 Å². The van der Waals surface area contributed by atoms with Crippen LogP contribution in [0.25, 0.3) is 0 Å². The van der Waals surface area contributed by atoms with Crippen molar-refractivity contribution in [3.8, 4) is 0 Å². The number of hydrogen-bond acceptors (Lipinski definition) is 2. The maximum atomic E-state index is 2.72. The summed E-state index contributed by atoms with van der Waals surface area (Å²) in [6.45, 7) is 13.4. The van der Waals surface area contributed by atoms with Crippen LogP contribution in [-0.2, 0) is 0 Å². The normalized spacial score (nSPS) is 32.4. The zero-order chi connectivity index (χ0) is 12.0. The lowest BCUT2D eigenvalue weighted by molar-refractivity contribution is 0.0464. The Labute approximate surface area is 101 Å². The van der Waals surface area contributed by atoms with Crippen molar-refractivity contribution in [3.63, 3.8) is 0 Å². The van der Waals surface area contributed by atoms with E-state index in [0.717, 1.165) is 6.04 Å². The fourth-order valence-electron chi connectivity index (χ4n) is 3.72. The summed E-state index contributed by atoms with van der Waals surface area (Å²) in [5.74, 6) is 0. The molecule has 0 N–H and O–H groups in total. The van der Waals surface area contributed by atoms with Crippen molar-refractivity contribution < 1.29 is 0 Å². The first kappa shape index (κ1) is 12.4. The molecule has 0 radical (unpaired) electrons. The van der Waals surface area contributed by atoms with Gasteiger partial charge in [-0.3, -0.25) is 4.90 Å². The first-order valence-corrected chi connectivity index (χ1v) is 6.80. The average Bonchev–Trinajstić information content (AvgIpc) is 2.49. The SMILES string of the molecule is CC1N(C(C)(C)C)CCC12CCN(C)CC2. The first-order chi connectivity index (χ1) is 7.35. The Morgan fingerprint density at radius 3 is 1.94 bits per heavy atom. The molecule has 0 aromatic heterocycles. The second-order valence-electron chi connectivity index (χ2n) is 6.96. The summed E-state index contributed by atoms with van der Waals surface area (Å²) in [4.78, 5) is 5.20. The van der Waals surface area contributed by atoms with Gasteiger partial charge in [0, 0.05) is 11.6 Å². The van der Waals surface area contributed by atoms with Gasteiger partial charge in [0.25, 0.3) is 0 Å². The minimum Gasteiger partial charge on any atom is -0.306 e. The summed E-state index contributed by atoms with van der Waals surface area (Å²) in [6, 6.07) is 0.765. The van der Waals surface area contributed by atoms with Crippen LogP contribution >= 0.6 is 0 Å². The minimum absolute atomic E-state index is 0.340. The average molecular weight is 224 g/mol. The Morgan fingerprint density at radius 2 is 1.50 bits per heavy atom. The lowest BCUT2D eigenvalue weighted by Gasteiger charge is -2.45. The molecule has 2 aliphatic heterocycles. The lowest BCUT2D eigenvalue weighted by atomic mass is 9.73. The van der Waals surface area contributed by atoms with Crippen LogP contribution in [0.1, 0.15) is 47.0 Å². The summed E-state index contributed by atoms with van der Waals surface area (Å²) < 4.78 is 0. The van der Waals surface area contributed by atoms with E-state index in [-0.39, 0.29) is 0 Å². The molecule has 2 fully saturated rings. The highest BCUT2D eigenvalue weighted by molar-refractivity contribution is 5.02. The van der Waals surface area contributed by atoms with Crippen LogP contribution in [0, 0.1) is 5.41 Å². The van der Waals surface area contributed by atoms with Gasteiger partial charge in [-0.2, -0.15) is 0 Å². The lowest BCUT2D eigenvalue weighted by Crippen LogP contribution is -2.50. The monoisotopic (exact) mass is 224 g/mol. The molecule has 2 rings (SSSR count). The zero-order valence-electron chi connectivity index (χ0n) is 11.7. The number of likely N-dealkylation sites (tertiary alicyclic amines) is 2. The van der Waals surface area contributed by atoms with Crippen molar-refractivity contribution in [2.45, 2.75) is 58.5 Å². The van der Waals surface area contributed by atoms with E-state index >= 15 is 0 Å². The van der Waals surface area contributed by atoms with E-state index in [1.165, 1.54) is 38.9 Å². The summed E-state index contributed by atoms with van der Waals surface area (Å²) in [7, 11) is 2.26. The molecule has 0 aromatic carbocycles. The van der Waals surface area contributed by atoms with Crippen LogP contribution in [0.4, 0.5) is 0 Å². The van der Waals surface area contributed by atoms with Crippen molar-refractivity contribution in [2.75, 3.05) is 26.7 Å². The molecule has 1 unspecified atom stereocenters. The Bertz CT molecular complexity index is 246. The van der Waals surface area contributed by atoms with Crippen LogP contribution in [0.3, 0.4) is 0 Å². The molecule has 0 aliphatic carbocycles. The fourth-order valence-corrected chi connectivity index (χ4v) is 3.72. The van der Waals surface area contributed by atoms with Crippen molar-refractivity contribution in [3.05, 3.63) is 0 Å². The third kappa shape index (κ3) is 2.02. The van der Waals surface area contributed by atoms with Gasteiger partial charge in [0.1, 0.15) is 0 Å². The van der Waals surface area contributed by atoms with Gasteiger partial charge in [-0.15, -0.1) is 0 Å². The topological polar surface area (TPSA) is 6.48 Å². The van der Waals surface area contributed by atoms with E-state index in [1.807, 2.05) is 0 Å². The molecule has 2 saturated heterocycles. The van der Waals surface area contributed by atoms with Gasteiger partial charge in [-0.05, 0) is 79.1 Å². The molecule has 0 bridgehead atoms. The Balaban J connectivity index is 2.09. The van der Waals surface area contributed by atoms with Gasteiger partial charge in [-0.1, -0.05) is 0 Å². The summed E-state index contributed by atoms with van der Waals surface area (Å²) >= 11 is 0. The molecule has 0 amide bonds. The molecule has 2 heterocycles. The quantitative estimate of drug-likeness (QED) is 0.624. The van der Waals surface area contributed by atoms with Crippen molar-refractivity contribution >= 4 is 0 Å². The van der Waals surface area contributed by atoms with Gasteiger partial charge in [0.2, 0.25) is 0 Å². The molecule has 2 nitrogen and oxygen atoms in total. The summed E-state index contributed by atoms with van der Waals surface area (Å²) in [5.41, 5.74) is 0.964. The van der Waals surface area contributed by atoms with Crippen LogP contribution in [0.2, 0.25) is 0 Å². The second kappa shape index (κ2) is 3.99. The molecular formula is C14H28N2. The van der Waals surface area contributed by atoms with E-state index in [9.17, 15) is 0 Å². The van der Waals surface area contributed by atoms with Crippen molar-refractivity contribution in [1.82, 2.24) is 9.80 Å². The molecule has 0 saturated carbocycles. The third-order valence-electron chi connectivity index (χ3n) is 5.05. The molecule has 2 aliphatic rings.